The molecule has 17 aromatic rings. The quantitative estimate of drug-likeness (QED) is 0.117. The highest BCUT2D eigenvalue weighted by Gasteiger charge is 2.52. The van der Waals surface area contributed by atoms with Gasteiger partial charge < -0.3 is 22.6 Å². The molecular formula is C81H56BCl2N11O5. The van der Waals surface area contributed by atoms with Gasteiger partial charge in [0.15, 0.2) is 40.0 Å². The fourth-order valence-corrected chi connectivity index (χ4v) is 12.2. The Hall–Kier alpha value is -12.0. The highest BCUT2D eigenvalue weighted by atomic mass is 35.5. The number of aromatic nitrogens is 11. The molecule has 19 heteroatoms. The van der Waals surface area contributed by atoms with E-state index in [0.29, 0.717) is 52.1 Å². The maximum absolute atomic E-state index is 6.21. The number of para-hydroxylation sites is 1. The summed E-state index contributed by atoms with van der Waals surface area (Å²) in [4.78, 5) is 49.8. The van der Waals surface area contributed by atoms with Crippen LogP contribution in [0.1, 0.15) is 27.7 Å². The van der Waals surface area contributed by atoms with E-state index in [4.69, 9.17) is 70.7 Å². The number of halogens is 2. The zero-order valence-electron chi connectivity index (χ0n) is 54.2. The summed E-state index contributed by atoms with van der Waals surface area (Å²) in [7, 11) is -0.398. The molecule has 100 heavy (non-hydrogen) atoms. The monoisotopic (exact) mass is 1340 g/mol. The number of rotatable bonds is 10. The molecule has 1 saturated heterocycles. The van der Waals surface area contributed by atoms with Gasteiger partial charge in [-0.2, -0.15) is 15.0 Å². The van der Waals surface area contributed by atoms with Crippen LogP contribution in [-0.2, 0) is 9.31 Å². The van der Waals surface area contributed by atoms with E-state index >= 15 is 0 Å². The van der Waals surface area contributed by atoms with Crippen LogP contribution in [0.25, 0.3) is 157 Å². The minimum atomic E-state index is -0.398. The van der Waals surface area contributed by atoms with E-state index in [-0.39, 0.29) is 21.8 Å². The predicted octanol–water partition coefficient (Wildman–Crippen LogP) is 19.6. The molecule has 0 spiro atoms. The zero-order valence-corrected chi connectivity index (χ0v) is 55.7. The molecule has 1 aliphatic rings. The highest BCUT2D eigenvalue weighted by molar-refractivity contribution is 6.62. The summed E-state index contributed by atoms with van der Waals surface area (Å²) >= 11 is 11.7. The number of fused-ring (bicyclic) bond motifs is 5. The molecule has 0 N–H and O–H groups in total. The van der Waals surface area contributed by atoms with Crippen LogP contribution >= 0.6 is 23.2 Å². The molecule has 16 nitrogen and oxygen atoms in total. The molecule has 7 aromatic heterocycles. The summed E-state index contributed by atoms with van der Waals surface area (Å²) < 4.78 is 30.6. The molecule has 0 aliphatic carbocycles. The van der Waals surface area contributed by atoms with Crippen molar-refractivity contribution in [2.45, 2.75) is 38.9 Å². The van der Waals surface area contributed by atoms with Gasteiger partial charge in [0.25, 0.3) is 0 Å². The summed E-state index contributed by atoms with van der Waals surface area (Å²) in [5.74, 6) is 3.73. The van der Waals surface area contributed by atoms with E-state index in [2.05, 4.69) is 78.4 Å². The second kappa shape index (κ2) is 26.4. The lowest BCUT2D eigenvalue weighted by molar-refractivity contribution is 0.00578. The largest absolute Gasteiger partial charge is 0.494 e. The van der Waals surface area contributed by atoms with Crippen molar-refractivity contribution in [2.24, 2.45) is 0 Å². The van der Waals surface area contributed by atoms with E-state index in [1.54, 1.807) is 6.20 Å². The Balaban J connectivity index is 0.000000134. The van der Waals surface area contributed by atoms with Crippen LogP contribution in [0.2, 0.25) is 10.6 Å². The van der Waals surface area contributed by atoms with Crippen molar-refractivity contribution in [3.05, 3.63) is 278 Å². The van der Waals surface area contributed by atoms with Crippen molar-refractivity contribution in [2.75, 3.05) is 0 Å². The molecule has 18 rings (SSSR count). The van der Waals surface area contributed by atoms with Crippen LogP contribution in [0.4, 0.5) is 0 Å². The van der Waals surface area contributed by atoms with Crippen molar-refractivity contribution in [1.82, 2.24) is 54.8 Å². The molecule has 0 unspecified atom stereocenters. The highest BCUT2D eigenvalue weighted by Crippen LogP contribution is 2.39. The van der Waals surface area contributed by atoms with Gasteiger partial charge in [-0.3, -0.25) is 9.97 Å². The summed E-state index contributed by atoms with van der Waals surface area (Å²) in [6.45, 7) is 8.20. The van der Waals surface area contributed by atoms with Crippen LogP contribution in [0.3, 0.4) is 0 Å². The van der Waals surface area contributed by atoms with Crippen LogP contribution in [0.15, 0.2) is 281 Å². The second-order valence-electron chi connectivity index (χ2n) is 24.8. The van der Waals surface area contributed by atoms with Crippen LogP contribution in [-0.4, -0.2) is 73.1 Å². The predicted molar refractivity (Wildman–Crippen MR) is 394 cm³/mol. The van der Waals surface area contributed by atoms with Gasteiger partial charge in [0.1, 0.15) is 16.6 Å². The fraction of sp³-hybridized carbons (Fsp3) is 0.0741. The molecule has 10 aromatic carbocycles. The summed E-state index contributed by atoms with van der Waals surface area (Å²) in [5.41, 5.74) is 15.9. The Morgan fingerprint density at radius 3 is 1.27 bits per heavy atom. The van der Waals surface area contributed by atoms with E-state index < -0.39 is 7.12 Å². The normalized spacial score (nSPS) is 13.2. The Labute approximate surface area is 583 Å². The second-order valence-corrected chi connectivity index (χ2v) is 25.5. The summed E-state index contributed by atoms with van der Waals surface area (Å²) in [5, 5.41) is 3.50. The molecule has 0 radical (unpaired) electrons. The lowest BCUT2D eigenvalue weighted by Gasteiger charge is -2.32. The Kier molecular flexibility index (Phi) is 16.6. The van der Waals surface area contributed by atoms with Gasteiger partial charge in [0.05, 0.1) is 16.7 Å². The summed E-state index contributed by atoms with van der Waals surface area (Å²) in [6.07, 6.45) is 5.52. The third-order valence-electron chi connectivity index (χ3n) is 17.7. The number of benzene rings is 10. The standard InChI is InChI=1S/C44H26N6O2.C19H20BNO3.C18H10Cl2N4/c1-3-8-30(9-4-1)43-46-36-20-18-32(24-38(36)51-43)41-48-40(29-16-14-28(15-17-29)34-13-7-12-27-22-23-45-26-35(27)34)49-42(50-41)33-19-21-37-39(25-33)52-44(47-37)31-10-5-2-6-11-31;1-18(2)19(3,4)24-20(23-18)14-10-11-15-16(12-14)22-17(21-15)13-8-6-5-7-9-13;19-17-22-16(23-18(20)24-17)13-8-6-11(7-9-13)14-5-1-3-12-4-2-10-21-15(12)14/h1-26H;5-12H,1-4H3;1-10H. The van der Waals surface area contributed by atoms with E-state index in [0.717, 1.165) is 110 Å². The van der Waals surface area contributed by atoms with Crippen LogP contribution in [0, 0.1) is 0 Å². The van der Waals surface area contributed by atoms with Crippen molar-refractivity contribution >= 4 is 90.8 Å². The number of hydrogen-bond donors (Lipinski definition) is 0. The Morgan fingerprint density at radius 2 is 0.750 bits per heavy atom. The molecule has 0 bridgehead atoms. The number of nitrogens with zero attached hydrogens (tertiary/aromatic N) is 11. The smallest absolute Gasteiger partial charge is 0.436 e. The van der Waals surface area contributed by atoms with Crippen molar-refractivity contribution in [3.8, 4) is 102 Å². The molecule has 0 atom stereocenters. The molecule has 0 saturated carbocycles. The van der Waals surface area contributed by atoms with Crippen molar-refractivity contribution in [3.63, 3.8) is 0 Å². The fourth-order valence-electron chi connectivity index (χ4n) is 11.8. The molecule has 1 aliphatic heterocycles. The molecule has 0 amide bonds. The number of pyridine rings is 2. The average molecular weight is 1350 g/mol. The topological polar surface area (TPSA) is 200 Å². The van der Waals surface area contributed by atoms with Crippen LogP contribution < -0.4 is 5.46 Å². The van der Waals surface area contributed by atoms with Gasteiger partial charge in [-0.25, -0.2) is 29.9 Å². The summed E-state index contributed by atoms with van der Waals surface area (Å²) in [6, 6.07) is 81.7. The van der Waals surface area contributed by atoms with Gasteiger partial charge >= 0.3 is 7.12 Å². The SMILES string of the molecule is CC1(C)OB(c2ccc3nc(-c4ccccc4)oc3c2)OC1(C)C.Clc1nc(Cl)nc(-c2ccc(-c3cccc4cccnc34)cc2)n1.c1ccc(-c2nc3ccc(-c4nc(-c5ccc(-c6cccc7ccncc67)cc5)nc(-c5ccc6nc(-c7ccccc7)oc6c5)n4)cc3o2)cc1. The first-order chi connectivity index (χ1) is 48.8. The van der Waals surface area contributed by atoms with Crippen molar-refractivity contribution in [1.29, 1.82) is 0 Å². The van der Waals surface area contributed by atoms with E-state index in [1.807, 2.05) is 240 Å². The lowest BCUT2D eigenvalue weighted by atomic mass is 9.79. The third-order valence-corrected chi connectivity index (χ3v) is 18.1. The minimum absolute atomic E-state index is 0.0762. The third kappa shape index (κ3) is 12.8. The van der Waals surface area contributed by atoms with Gasteiger partial charge in [0, 0.05) is 73.9 Å². The Bertz CT molecular complexity index is 5680. The molecular weight excluding hydrogens is 1290 g/mol. The Morgan fingerprint density at radius 1 is 0.330 bits per heavy atom. The zero-order chi connectivity index (χ0) is 67.9. The lowest BCUT2D eigenvalue weighted by Crippen LogP contribution is -2.41. The number of oxazole rings is 3. The maximum atomic E-state index is 6.21. The van der Waals surface area contributed by atoms with E-state index in [1.165, 1.54) is 0 Å². The molecule has 482 valence electrons. The number of hydrogen-bond acceptors (Lipinski definition) is 16. The van der Waals surface area contributed by atoms with Gasteiger partial charge in [-0.05, 0) is 175 Å². The molecule has 1 fully saturated rings. The maximum Gasteiger partial charge on any atom is 0.494 e. The van der Waals surface area contributed by atoms with E-state index in [9.17, 15) is 0 Å². The first kappa shape index (κ1) is 62.8. The first-order valence-corrected chi connectivity index (χ1v) is 33.0. The van der Waals surface area contributed by atoms with Gasteiger partial charge in [-0.1, -0.05) is 152 Å². The van der Waals surface area contributed by atoms with Gasteiger partial charge in [-0.15, -0.1) is 0 Å². The van der Waals surface area contributed by atoms with Gasteiger partial charge in [0.2, 0.25) is 28.2 Å². The van der Waals surface area contributed by atoms with Crippen molar-refractivity contribution < 1.29 is 22.6 Å². The molecule has 8 heterocycles. The average Bonchev–Trinajstić information content (AvgIpc) is 1.53. The minimum Gasteiger partial charge on any atom is -0.436 e. The van der Waals surface area contributed by atoms with Crippen LogP contribution in [0.5, 0.6) is 0 Å². The first-order valence-electron chi connectivity index (χ1n) is 32.2.